The smallest absolute Gasteiger partial charge is 0.338 e. The lowest BCUT2D eigenvalue weighted by atomic mass is 9.94. The number of methoxy groups -OCH3 is 2. The molecule has 1 aliphatic rings. The number of aromatic nitrogens is 1. The van der Waals surface area contributed by atoms with E-state index < -0.39 is 12.0 Å². The molecule has 0 unspecified atom stereocenters. The van der Waals surface area contributed by atoms with Crippen LogP contribution in [0.15, 0.2) is 61.9 Å². The maximum absolute atomic E-state index is 13.7. The molecule has 0 amide bonds. The maximum Gasteiger partial charge on any atom is 0.338 e. The molecule has 10 heteroatoms. The van der Waals surface area contributed by atoms with Crippen molar-refractivity contribution < 1.29 is 24.1 Å². The second kappa shape index (κ2) is 10.1. The van der Waals surface area contributed by atoms with E-state index in [-0.39, 0.29) is 23.5 Å². The highest BCUT2D eigenvalue weighted by Crippen LogP contribution is 2.37. The van der Waals surface area contributed by atoms with Crippen LogP contribution < -0.4 is 24.4 Å². The molecular formula is C25H23BrN2O6S. The number of rotatable bonds is 6. The molecule has 0 saturated heterocycles. The molecule has 2 aromatic carbocycles. The Kier molecular flexibility index (Phi) is 7.13. The van der Waals surface area contributed by atoms with Crippen LogP contribution in [-0.2, 0) is 9.53 Å². The second-order valence-electron chi connectivity index (χ2n) is 7.62. The highest BCUT2D eigenvalue weighted by Gasteiger charge is 2.35. The van der Waals surface area contributed by atoms with Gasteiger partial charge in [0.15, 0.2) is 4.80 Å². The first-order chi connectivity index (χ1) is 16.8. The number of benzene rings is 2. The van der Waals surface area contributed by atoms with Crippen molar-refractivity contribution in [3.63, 3.8) is 0 Å². The number of fused-ring (bicyclic) bond motifs is 1. The van der Waals surface area contributed by atoms with Gasteiger partial charge in [-0.2, -0.15) is 0 Å². The van der Waals surface area contributed by atoms with Gasteiger partial charge in [-0.15, -0.1) is 0 Å². The fraction of sp³-hybridized carbons (Fsp3) is 0.240. The van der Waals surface area contributed by atoms with Gasteiger partial charge < -0.3 is 19.3 Å². The van der Waals surface area contributed by atoms with Gasteiger partial charge in [0.2, 0.25) is 0 Å². The van der Waals surface area contributed by atoms with Gasteiger partial charge >= 0.3 is 5.97 Å². The molecule has 0 aliphatic carbocycles. The molecule has 8 nitrogen and oxygen atoms in total. The first kappa shape index (κ1) is 24.7. The van der Waals surface area contributed by atoms with Crippen LogP contribution in [0.3, 0.4) is 0 Å². The van der Waals surface area contributed by atoms with Gasteiger partial charge in [-0.05, 0) is 71.7 Å². The minimum absolute atomic E-state index is 0.100. The Morgan fingerprint density at radius 1 is 1.23 bits per heavy atom. The molecule has 0 fully saturated rings. The van der Waals surface area contributed by atoms with Crippen molar-refractivity contribution in [1.29, 1.82) is 0 Å². The number of hydrogen-bond acceptors (Lipinski definition) is 8. The molecule has 182 valence electrons. The molecule has 1 aromatic heterocycles. The Morgan fingerprint density at radius 2 is 2.00 bits per heavy atom. The summed E-state index contributed by atoms with van der Waals surface area (Å²) in [5, 5.41) is 9.79. The normalized spacial score (nSPS) is 15.5. The SMILES string of the molecule is CCOC(=O)C1=C(C)N=c2s/c(=C\c3ccc(O)c(Br)c3)c(=O)n2[C@@H]1c1cc(OC)ccc1OC. The van der Waals surface area contributed by atoms with Crippen molar-refractivity contribution in [2.45, 2.75) is 19.9 Å². The average Bonchev–Trinajstić information content (AvgIpc) is 3.14. The predicted octanol–water partition coefficient (Wildman–Crippen LogP) is 3.28. The molecule has 0 spiro atoms. The lowest BCUT2D eigenvalue weighted by molar-refractivity contribution is -0.139. The second-order valence-corrected chi connectivity index (χ2v) is 9.48. The number of halogens is 1. The van der Waals surface area contributed by atoms with Crippen LogP contribution in [0.4, 0.5) is 0 Å². The zero-order valence-corrected chi connectivity index (χ0v) is 21.9. The fourth-order valence-corrected chi connectivity index (χ4v) is 5.35. The average molecular weight is 559 g/mol. The van der Waals surface area contributed by atoms with Gasteiger partial charge in [0.1, 0.15) is 23.3 Å². The Balaban J connectivity index is 2.01. The third-order valence-electron chi connectivity index (χ3n) is 5.52. The van der Waals surface area contributed by atoms with Gasteiger partial charge in [0.25, 0.3) is 5.56 Å². The fourth-order valence-electron chi connectivity index (χ4n) is 3.90. The first-order valence-corrected chi connectivity index (χ1v) is 12.3. The summed E-state index contributed by atoms with van der Waals surface area (Å²) in [6.45, 7) is 3.62. The molecule has 2 heterocycles. The molecule has 3 aromatic rings. The summed E-state index contributed by atoms with van der Waals surface area (Å²) >= 11 is 4.51. The Labute approximate surface area is 213 Å². The summed E-state index contributed by atoms with van der Waals surface area (Å²) in [5.41, 5.74) is 1.69. The van der Waals surface area contributed by atoms with Crippen molar-refractivity contribution >= 4 is 39.3 Å². The van der Waals surface area contributed by atoms with Crippen molar-refractivity contribution in [3.8, 4) is 17.2 Å². The number of allylic oxidation sites excluding steroid dienone is 1. The summed E-state index contributed by atoms with van der Waals surface area (Å²) < 4.78 is 18.8. The lowest BCUT2D eigenvalue weighted by Crippen LogP contribution is -2.40. The van der Waals surface area contributed by atoms with Crippen LogP contribution >= 0.6 is 27.3 Å². The van der Waals surface area contributed by atoms with Gasteiger partial charge in [-0.3, -0.25) is 9.36 Å². The third-order valence-corrected chi connectivity index (χ3v) is 7.14. The number of nitrogens with zero attached hydrogens (tertiary/aromatic N) is 2. The lowest BCUT2D eigenvalue weighted by Gasteiger charge is -2.26. The van der Waals surface area contributed by atoms with Crippen molar-refractivity contribution in [2.75, 3.05) is 20.8 Å². The number of ether oxygens (including phenoxy) is 3. The maximum atomic E-state index is 13.7. The van der Waals surface area contributed by atoms with Crippen LogP contribution in [0.25, 0.3) is 6.08 Å². The summed E-state index contributed by atoms with van der Waals surface area (Å²) in [6, 6.07) is 9.35. The van der Waals surface area contributed by atoms with Crippen LogP contribution in [-0.4, -0.2) is 36.5 Å². The van der Waals surface area contributed by atoms with Crippen LogP contribution in [0, 0.1) is 0 Å². The van der Waals surface area contributed by atoms with E-state index in [1.54, 1.807) is 63.4 Å². The van der Waals surface area contributed by atoms with E-state index in [1.807, 2.05) is 0 Å². The molecule has 0 radical (unpaired) electrons. The minimum Gasteiger partial charge on any atom is -0.507 e. The first-order valence-electron chi connectivity index (χ1n) is 10.7. The number of carbonyl (C=O) groups is 1. The largest absolute Gasteiger partial charge is 0.507 e. The molecule has 1 atom stereocenters. The Hall–Kier alpha value is -3.37. The van der Waals surface area contributed by atoms with E-state index in [2.05, 4.69) is 20.9 Å². The Morgan fingerprint density at radius 3 is 2.66 bits per heavy atom. The zero-order valence-electron chi connectivity index (χ0n) is 19.5. The zero-order chi connectivity index (χ0) is 25.3. The topological polar surface area (TPSA) is 99.4 Å². The number of phenolic OH excluding ortho intramolecular Hbond substituents is 1. The van der Waals surface area contributed by atoms with Crippen LogP contribution in [0.5, 0.6) is 17.2 Å². The molecule has 0 bridgehead atoms. The minimum atomic E-state index is -0.830. The van der Waals surface area contributed by atoms with Crippen molar-refractivity contribution in [2.24, 2.45) is 4.99 Å². The van der Waals surface area contributed by atoms with Crippen molar-refractivity contribution in [3.05, 3.63) is 83.0 Å². The number of thiazole rings is 1. The van der Waals surface area contributed by atoms with E-state index in [9.17, 15) is 14.7 Å². The highest BCUT2D eigenvalue weighted by atomic mass is 79.9. The van der Waals surface area contributed by atoms with Gasteiger partial charge in [-0.1, -0.05) is 17.4 Å². The number of esters is 1. The summed E-state index contributed by atoms with van der Waals surface area (Å²) in [6.07, 6.45) is 1.72. The van der Waals surface area contributed by atoms with E-state index in [4.69, 9.17) is 14.2 Å². The monoisotopic (exact) mass is 558 g/mol. The molecule has 1 N–H and O–H groups in total. The number of carbonyl (C=O) groups excluding carboxylic acids is 1. The molecule has 1 aliphatic heterocycles. The van der Waals surface area contributed by atoms with Crippen LogP contribution in [0.2, 0.25) is 0 Å². The van der Waals surface area contributed by atoms with Gasteiger partial charge in [0.05, 0.1) is 41.1 Å². The van der Waals surface area contributed by atoms with Crippen molar-refractivity contribution in [1.82, 2.24) is 4.57 Å². The summed E-state index contributed by atoms with van der Waals surface area (Å²) in [4.78, 5) is 31.8. The summed E-state index contributed by atoms with van der Waals surface area (Å²) in [5.74, 6) is 0.586. The Bertz CT molecular complexity index is 1520. The third kappa shape index (κ3) is 4.63. The van der Waals surface area contributed by atoms with E-state index >= 15 is 0 Å². The predicted molar refractivity (Wildman–Crippen MR) is 136 cm³/mol. The molecule has 35 heavy (non-hydrogen) atoms. The van der Waals surface area contributed by atoms with Gasteiger partial charge in [0, 0.05) is 5.56 Å². The number of aromatic hydroxyl groups is 1. The van der Waals surface area contributed by atoms with Crippen LogP contribution in [0.1, 0.15) is 31.0 Å². The van der Waals surface area contributed by atoms with E-state index in [0.29, 0.717) is 36.6 Å². The van der Waals surface area contributed by atoms with E-state index in [1.165, 1.54) is 23.0 Å². The summed E-state index contributed by atoms with van der Waals surface area (Å²) in [7, 11) is 3.07. The van der Waals surface area contributed by atoms with Gasteiger partial charge in [-0.25, -0.2) is 9.79 Å². The number of hydrogen-bond donors (Lipinski definition) is 1. The standard InChI is InChI=1S/C25H23BrN2O6S/c1-5-34-24(31)21-13(2)27-25-28(22(21)16-12-15(32-3)7-9-19(16)33-4)23(30)20(35-25)11-14-6-8-18(29)17(26)10-14/h6-12,22,29H,5H2,1-4H3/b20-11-/t22-/m1/s1. The molecule has 4 rings (SSSR count). The quantitative estimate of drug-likeness (QED) is 0.466. The highest BCUT2D eigenvalue weighted by molar-refractivity contribution is 9.10. The number of phenols is 1. The molecule has 0 saturated carbocycles. The molecular weight excluding hydrogens is 536 g/mol. The van der Waals surface area contributed by atoms with E-state index in [0.717, 1.165) is 5.56 Å².